The Hall–Kier alpha value is -2.10. The minimum atomic E-state index is -4.68. The molecule has 2 aromatic heterocycles. The predicted octanol–water partition coefficient (Wildman–Crippen LogP) is 4.59. The van der Waals surface area contributed by atoms with Gasteiger partial charge in [-0.05, 0) is 59.1 Å². The van der Waals surface area contributed by atoms with Crippen molar-refractivity contribution in [3.05, 3.63) is 74.1 Å². The summed E-state index contributed by atoms with van der Waals surface area (Å²) in [6.45, 7) is 0.534. The van der Waals surface area contributed by atoms with E-state index in [1.54, 1.807) is 27.6 Å². The van der Waals surface area contributed by atoms with Gasteiger partial charge in [-0.15, -0.1) is 22.7 Å². The Bertz CT molecular complexity index is 1090. The van der Waals surface area contributed by atoms with E-state index >= 15 is 0 Å². The first kappa shape index (κ1) is 19.2. The molecule has 0 aliphatic carbocycles. The first-order chi connectivity index (χ1) is 13.4. The number of nitrogens with zero attached hydrogens (tertiary/aromatic N) is 1. The van der Waals surface area contributed by atoms with E-state index in [-0.39, 0.29) is 17.5 Å². The molecule has 3 heterocycles. The number of benzene rings is 1. The number of hydrogen-bond acceptors (Lipinski definition) is 5. The summed E-state index contributed by atoms with van der Waals surface area (Å²) in [5.41, 5.74) is 1.37. The second-order valence-corrected chi connectivity index (χ2v) is 10.2. The van der Waals surface area contributed by atoms with Gasteiger partial charge in [0.2, 0.25) is 9.84 Å². The molecule has 9 heteroatoms. The van der Waals surface area contributed by atoms with Crippen molar-refractivity contribution in [1.82, 2.24) is 4.90 Å². The molecule has 3 aromatic rings. The van der Waals surface area contributed by atoms with Crippen molar-refractivity contribution in [2.75, 3.05) is 6.54 Å². The summed E-state index contributed by atoms with van der Waals surface area (Å²) in [5.74, 6) is -3.74. The van der Waals surface area contributed by atoms with Gasteiger partial charge in [0.25, 0.3) is 5.91 Å². The van der Waals surface area contributed by atoms with Gasteiger partial charge in [0.05, 0.1) is 10.9 Å². The van der Waals surface area contributed by atoms with Crippen molar-refractivity contribution in [3.63, 3.8) is 0 Å². The van der Waals surface area contributed by atoms with Gasteiger partial charge >= 0.3 is 5.76 Å². The van der Waals surface area contributed by atoms with Gasteiger partial charge < -0.3 is 4.90 Å². The summed E-state index contributed by atoms with van der Waals surface area (Å²) in [4.78, 5) is 16.7. The normalized spacial score (nSPS) is 17.0. The Morgan fingerprint density at radius 3 is 2.46 bits per heavy atom. The zero-order valence-electron chi connectivity index (χ0n) is 14.4. The molecule has 4 nitrogen and oxygen atoms in total. The van der Waals surface area contributed by atoms with Gasteiger partial charge in [-0.1, -0.05) is 6.07 Å². The van der Waals surface area contributed by atoms with Crippen LogP contribution in [0.3, 0.4) is 0 Å². The Labute approximate surface area is 169 Å². The minimum absolute atomic E-state index is 0.202. The van der Waals surface area contributed by atoms with E-state index in [1.807, 2.05) is 29.0 Å². The molecule has 0 radical (unpaired) electrons. The number of carbonyl (C=O) groups is 1. The van der Waals surface area contributed by atoms with Crippen molar-refractivity contribution in [2.45, 2.75) is 23.1 Å². The van der Waals surface area contributed by atoms with Crippen molar-refractivity contribution in [2.24, 2.45) is 0 Å². The van der Waals surface area contributed by atoms with Crippen LogP contribution in [0.5, 0.6) is 0 Å². The second kappa shape index (κ2) is 7.38. The average molecular weight is 440 g/mol. The number of sulfone groups is 1. The van der Waals surface area contributed by atoms with Crippen molar-refractivity contribution in [3.8, 4) is 0 Å². The van der Waals surface area contributed by atoms with E-state index in [0.717, 1.165) is 29.0 Å². The lowest BCUT2D eigenvalue weighted by molar-refractivity contribution is 0.0698. The molecule has 0 spiro atoms. The van der Waals surface area contributed by atoms with Gasteiger partial charge in [-0.2, -0.15) is 8.78 Å². The highest BCUT2D eigenvalue weighted by Gasteiger charge is 2.34. The predicted molar refractivity (Wildman–Crippen MR) is 105 cm³/mol. The van der Waals surface area contributed by atoms with Gasteiger partial charge in [0.15, 0.2) is 0 Å². The minimum Gasteiger partial charge on any atom is -0.326 e. The number of halogens is 2. The Kier molecular flexibility index (Phi) is 5.07. The first-order valence-electron chi connectivity index (χ1n) is 8.42. The molecule has 1 aromatic carbocycles. The maximum Gasteiger partial charge on any atom is 0.341 e. The lowest BCUT2D eigenvalue weighted by atomic mass is 9.97. The highest BCUT2D eigenvalue weighted by Crippen LogP contribution is 2.40. The zero-order chi connectivity index (χ0) is 19.9. The number of hydrogen-bond donors (Lipinski definition) is 0. The largest absolute Gasteiger partial charge is 0.341 e. The lowest BCUT2D eigenvalue weighted by Crippen LogP contribution is -2.39. The maximum absolute atomic E-state index is 13.2. The number of amides is 1. The monoisotopic (exact) mass is 439 g/mol. The quantitative estimate of drug-likeness (QED) is 0.597. The molecule has 28 heavy (non-hydrogen) atoms. The molecule has 4 rings (SSSR count). The lowest BCUT2D eigenvalue weighted by Gasteiger charge is -2.35. The van der Waals surface area contributed by atoms with Crippen LogP contribution in [-0.2, 0) is 16.3 Å². The second-order valence-electron chi connectivity index (χ2n) is 6.30. The number of alkyl halides is 2. The van der Waals surface area contributed by atoms with Gasteiger partial charge in [0.1, 0.15) is 0 Å². The number of thiophene rings is 2. The van der Waals surface area contributed by atoms with E-state index in [9.17, 15) is 22.0 Å². The molecule has 0 N–H and O–H groups in total. The third-order valence-electron chi connectivity index (χ3n) is 4.70. The van der Waals surface area contributed by atoms with E-state index in [4.69, 9.17) is 0 Å². The molecule has 0 saturated heterocycles. The Morgan fingerprint density at radius 2 is 1.82 bits per heavy atom. The van der Waals surface area contributed by atoms with Crippen LogP contribution in [0.25, 0.3) is 0 Å². The molecule has 0 unspecified atom stereocenters. The van der Waals surface area contributed by atoms with Crippen LogP contribution >= 0.6 is 22.7 Å². The van der Waals surface area contributed by atoms with E-state index in [0.29, 0.717) is 6.54 Å². The topological polar surface area (TPSA) is 54.5 Å². The SMILES string of the molecule is O=C(c1ccc(S(=O)(=O)C(F)F)cc1)N1CCc2sccc2[C@H]1c1cccs1. The fourth-order valence-corrected chi connectivity index (χ4v) is 5.82. The van der Waals surface area contributed by atoms with Crippen LogP contribution in [0.1, 0.15) is 31.7 Å². The zero-order valence-corrected chi connectivity index (χ0v) is 16.9. The summed E-state index contributed by atoms with van der Waals surface area (Å²) >= 11 is 3.24. The third kappa shape index (κ3) is 3.27. The molecule has 1 aliphatic heterocycles. The molecule has 146 valence electrons. The number of fused-ring (bicyclic) bond motifs is 1. The third-order valence-corrected chi connectivity index (χ3v) is 8.02. The Balaban J connectivity index is 1.67. The van der Waals surface area contributed by atoms with Crippen LogP contribution in [0.4, 0.5) is 8.78 Å². The molecule has 1 atom stereocenters. The number of rotatable bonds is 4. The first-order valence-corrected chi connectivity index (χ1v) is 11.7. The smallest absolute Gasteiger partial charge is 0.326 e. The average Bonchev–Trinajstić information content (AvgIpc) is 3.38. The summed E-state index contributed by atoms with van der Waals surface area (Å²) in [7, 11) is -4.68. The van der Waals surface area contributed by atoms with Crippen molar-refractivity contribution < 1.29 is 22.0 Å². The van der Waals surface area contributed by atoms with Gasteiger partial charge in [-0.3, -0.25) is 4.79 Å². The summed E-state index contributed by atoms with van der Waals surface area (Å²) in [6, 6.07) is 10.5. The number of carbonyl (C=O) groups excluding carboxylic acids is 1. The fourth-order valence-electron chi connectivity index (χ4n) is 3.34. The summed E-state index contributed by atoms with van der Waals surface area (Å²) in [5, 5.41) is 3.98. The van der Waals surface area contributed by atoms with E-state index in [1.165, 1.54) is 17.0 Å². The molecular weight excluding hydrogens is 424 g/mol. The Morgan fingerprint density at radius 1 is 1.07 bits per heavy atom. The summed E-state index contributed by atoms with van der Waals surface area (Å²) < 4.78 is 48.6. The van der Waals surface area contributed by atoms with E-state index in [2.05, 4.69) is 0 Å². The van der Waals surface area contributed by atoms with Crippen molar-refractivity contribution >= 4 is 38.4 Å². The maximum atomic E-state index is 13.2. The molecule has 0 fully saturated rings. The molecule has 0 bridgehead atoms. The van der Waals surface area contributed by atoms with E-state index < -0.39 is 20.5 Å². The fraction of sp³-hybridized carbons (Fsp3) is 0.211. The van der Waals surface area contributed by atoms with Crippen LogP contribution in [-0.4, -0.2) is 31.5 Å². The highest BCUT2D eigenvalue weighted by atomic mass is 32.2. The molecule has 0 saturated carbocycles. The van der Waals surface area contributed by atoms with Crippen LogP contribution in [0.2, 0.25) is 0 Å². The van der Waals surface area contributed by atoms with Gasteiger partial charge in [0, 0.05) is 21.9 Å². The molecule has 1 amide bonds. The highest BCUT2D eigenvalue weighted by molar-refractivity contribution is 7.91. The molecule has 1 aliphatic rings. The van der Waals surface area contributed by atoms with Gasteiger partial charge in [-0.25, -0.2) is 8.42 Å². The van der Waals surface area contributed by atoms with Crippen LogP contribution < -0.4 is 0 Å². The standard InChI is InChI=1S/C19H15F2NO3S3/c20-19(21)28(24,25)13-5-3-12(4-6-13)18(23)22-9-7-15-14(8-11-27-15)17(22)16-2-1-10-26-16/h1-6,8,10-11,17,19H,7,9H2/t17-/m0/s1. The summed E-state index contributed by atoms with van der Waals surface area (Å²) in [6.07, 6.45) is 0.748. The van der Waals surface area contributed by atoms with Crippen LogP contribution in [0.15, 0.2) is 58.1 Å². The van der Waals surface area contributed by atoms with Crippen molar-refractivity contribution in [1.29, 1.82) is 0 Å². The molecular formula is C19H15F2NO3S3. The van der Waals surface area contributed by atoms with Crippen LogP contribution in [0, 0.1) is 0 Å².